The molecule has 0 aliphatic carbocycles. The summed E-state index contributed by atoms with van der Waals surface area (Å²) in [6, 6.07) is 4.59. The molecular formula is C12H15FN4. The van der Waals surface area contributed by atoms with Crippen molar-refractivity contribution in [2.75, 3.05) is 6.54 Å². The number of H-pyrrole nitrogens is 1. The number of halogens is 1. The average Bonchev–Trinajstić information content (AvgIpc) is 2.75. The quantitative estimate of drug-likeness (QED) is 0.847. The summed E-state index contributed by atoms with van der Waals surface area (Å²) in [6.45, 7) is 2.47. The van der Waals surface area contributed by atoms with Crippen LogP contribution in [0, 0.1) is 12.7 Å². The molecule has 2 aromatic rings. The van der Waals surface area contributed by atoms with E-state index >= 15 is 0 Å². The fourth-order valence-electron chi connectivity index (χ4n) is 1.68. The van der Waals surface area contributed by atoms with E-state index in [9.17, 15) is 4.39 Å². The summed E-state index contributed by atoms with van der Waals surface area (Å²) >= 11 is 0. The van der Waals surface area contributed by atoms with Gasteiger partial charge in [0.2, 0.25) is 0 Å². The first kappa shape index (κ1) is 11.7. The van der Waals surface area contributed by atoms with Gasteiger partial charge in [-0.05, 0) is 43.7 Å². The molecule has 90 valence electrons. The minimum atomic E-state index is -0.245. The Kier molecular flexibility index (Phi) is 3.49. The highest BCUT2D eigenvalue weighted by molar-refractivity contribution is 5.59. The van der Waals surface area contributed by atoms with Crippen LogP contribution in [0.15, 0.2) is 18.2 Å². The first-order valence-electron chi connectivity index (χ1n) is 5.58. The molecule has 2 rings (SSSR count). The minimum absolute atomic E-state index is 0.245. The van der Waals surface area contributed by atoms with Crippen LogP contribution in [0.25, 0.3) is 11.4 Å². The zero-order valence-electron chi connectivity index (χ0n) is 9.70. The van der Waals surface area contributed by atoms with Crippen molar-refractivity contribution in [3.63, 3.8) is 0 Å². The van der Waals surface area contributed by atoms with Gasteiger partial charge in [-0.1, -0.05) is 0 Å². The Balaban J connectivity index is 2.24. The van der Waals surface area contributed by atoms with Crippen LogP contribution in [-0.2, 0) is 6.42 Å². The summed E-state index contributed by atoms with van der Waals surface area (Å²) in [7, 11) is 0. The Morgan fingerprint density at radius 3 is 2.94 bits per heavy atom. The Bertz CT molecular complexity index is 507. The average molecular weight is 234 g/mol. The van der Waals surface area contributed by atoms with Crippen molar-refractivity contribution in [2.24, 2.45) is 5.73 Å². The van der Waals surface area contributed by atoms with Gasteiger partial charge in [0.25, 0.3) is 0 Å². The Morgan fingerprint density at radius 1 is 1.41 bits per heavy atom. The zero-order valence-corrected chi connectivity index (χ0v) is 9.70. The van der Waals surface area contributed by atoms with Gasteiger partial charge in [0.15, 0.2) is 5.82 Å². The third-order valence-electron chi connectivity index (χ3n) is 2.58. The molecule has 0 aliphatic heterocycles. The Morgan fingerprint density at radius 2 is 2.24 bits per heavy atom. The second-order valence-electron chi connectivity index (χ2n) is 3.96. The maximum absolute atomic E-state index is 13.0. The number of rotatable bonds is 4. The van der Waals surface area contributed by atoms with Crippen LogP contribution in [0.1, 0.15) is 17.8 Å². The van der Waals surface area contributed by atoms with E-state index < -0.39 is 0 Å². The predicted molar refractivity (Wildman–Crippen MR) is 63.9 cm³/mol. The highest BCUT2D eigenvalue weighted by atomic mass is 19.1. The molecule has 0 radical (unpaired) electrons. The molecule has 0 amide bonds. The summed E-state index contributed by atoms with van der Waals surface area (Å²) in [4.78, 5) is 4.36. The molecule has 17 heavy (non-hydrogen) atoms. The van der Waals surface area contributed by atoms with Crippen molar-refractivity contribution in [2.45, 2.75) is 19.8 Å². The molecular weight excluding hydrogens is 219 g/mol. The van der Waals surface area contributed by atoms with Crippen LogP contribution >= 0.6 is 0 Å². The van der Waals surface area contributed by atoms with E-state index in [2.05, 4.69) is 15.2 Å². The maximum Gasteiger partial charge on any atom is 0.181 e. The lowest BCUT2D eigenvalue weighted by Gasteiger charge is -2.00. The van der Waals surface area contributed by atoms with Gasteiger partial charge in [0.1, 0.15) is 11.6 Å². The molecule has 4 nitrogen and oxygen atoms in total. The molecule has 5 heteroatoms. The second-order valence-corrected chi connectivity index (χ2v) is 3.96. The Labute approximate surface area is 99.1 Å². The molecule has 0 aliphatic rings. The number of benzene rings is 1. The smallest absolute Gasteiger partial charge is 0.181 e. The fourth-order valence-corrected chi connectivity index (χ4v) is 1.68. The molecule has 0 saturated heterocycles. The second kappa shape index (κ2) is 5.05. The summed E-state index contributed by atoms with van der Waals surface area (Å²) in [5.41, 5.74) is 7.11. The van der Waals surface area contributed by atoms with Gasteiger partial charge in [0, 0.05) is 12.0 Å². The van der Waals surface area contributed by atoms with E-state index in [1.54, 1.807) is 6.07 Å². The van der Waals surface area contributed by atoms with E-state index in [0.717, 1.165) is 29.8 Å². The number of nitrogens with zero attached hydrogens (tertiary/aromatic N) is 2. The summed E-state index contributed by atoms with van der Waals surface area (Å²) in [5.74, 6) is 1.17. The van der Waals surface area contributed by atoms with Crippen molar-refractivity contribution >= 4 is 0 Å². The van der Waals surface area contributed by atoms with E-state index in [1.807, 2.05) is 6.92 Å². The van der Waals surface area contributed by atoms with Crippen molar-refractivity contribution in [3.05, 3.63) is 35.4 Å². The third-order valence-corrected chi connectivity index (χ3v) is 2.58. The standard InChI is InChI=1S/C12H15FN4/c1-8-7-9(13)4-5-10(8)12-15-11(16-17-12)3-2-6-14/h4-5,7H,2-3,6,14H2,1H3,(H,15,16,17). The predicted octanol–water partition coefficient (Wildman–Crippen LogP) is 1.81. The monoisotopic (exact) mass is 234 g/mol. The molecule has 0 saturated carbocycles. The molecule has 0 bridgehead atoms. The van der Waals surface area contributed by atoms with Crippen LogP contribution < -0.4 is 5.73 Å². The normalized spacial score (nSPS) is 10.8. The molecule has 0 unspecified atom stereocenters. The summed E-state index contributed by atoms with van der Waals surface area (Å²) < 4.78 is 13.0. The molecule has 1 aromatic heterocycles. The number of aromatic amines is 1. The number of hydrogen-bond donors (Lipinski definition) is 2. The van der Waals surface area contributed by atoms with E-state index in [-0.39, 0.29) is 5.82 Å². The van der Waals surface area contributed by atoms with Crippen LogP contribution in [0.3, 0.4) is 0 Å². The van der Waals surface area contributed by atoms with Crippen LogP contribution in [0.2, 0.25) is 0 Å². The van der Waals surface area contributed by atoms with Crippen LogP contribution in [0.4, 0.5) is 4.39 Å². The van der Waals surface area contributed by atoms with Crippen molar-refractivity contribution in [1.29, 1.82) is 0 Å². The van der Waals surface area contributed by atoms with Crippen molar-refractivity contribution in [1.82, 2.24) is 15.2 Å². The first-order chi connectivity index (χ1) is 8.20. The highest BCUT2D eigenvalue weighted by Crippen LogP contribution is 2.20. The van der Waals surface area contributed by atoms with Gasteiger partial charge in [-0.15, -0.1) is 0 Å². The minimum Gasteiger partial charge on any atom is -0.330 e. The molecule has 1 heterocycles. The third kappa shape index (κ3) is 2.68. The molecule has 0 fully saturated rings. The van der Waals surface area contributed by atoms with Crippen molar-refractivity contribution < 1.29 is 4.39 Å². The summed E-state index contributed by atoms with van der Waals surface area (Å²) in [6.07, 6.45) is 1.65. The lowest BCUT2D eigenvalue weighted by molar-refractivity contribution is 0.627. The zero-order chi connectivity index (χ0) is 12.3. The van der Waals surface area contributed by atoms with Crippen LogP contribution in [-0.4, -0.2) is 21.7 Å². The van der Waals surface area contributed by atoms with Gasteiger partial charge in [0.05, 0.1) is 0 Å². The Hall–Kier alpha value is -1.75. The highest BCUT2D eigenvalue weighted by Gasteiger charge is 2.08. The number of aromatic nitrogens is 3. The molecule has 3 N–H and O–H groups in total. The number of aryl methyl sites for hydroxylation is 2. The maximum atomic E-state index is 13.0. The first-order valence-corrected chi connectivity index (χ1v) is 5.58. The van der Waals surface area contributed by atoms with E-state index in [0.29, 0.717) is 12.4 Å². The fraction of sp³-hybridized carbons (Fsp3) is 0.333. The summed E-state index contributed by atoms with van der Waals surface area (Å²) in [5, 5.41) is 7.00. The van der Waals surface area contributed by atoms with Gasteiger partial charge < -0.3 is 5.73 Å². The van der Waals surface area contributed by atoms with Crippen LogP contribution in [0.5, 0.6) is 0 Å². The number of nitrogens with two attached hydrogens (primary N) is 1. The molecule has 0 spiro atoms. The number of hydrogen-bond acceptors (Lipinski definition) is 3. The van der Waals surface area contributed by atoms with Gasteiger partial charge in [-0.3, -0.25) is 5.10 Å². The van der Waals surface area contributed by atoms with Gasteiger partial charge in [-0.2, -0.15) is 5.10 Å². The van der Waals surface area contributed by atoms with E-state index in [1.165, 1.54) is 12.1 Å². The van der Waals surface area contributed by atoms with Crippen molar-refractivity contribution in [3.8, 4) is 11.4 Å². The SMILES string of the molecule is Cc1cc(F)ccc1-c1n[nH]c(CCCN)n1. The molecule has 1 aromatic carbocycles. The van der Waals surface area contributed by atoms with Gasteiger partial charge >= 0.3 is 0 Å². The van der Waals surface area contributed by atoms with E-state index in [4.69, 9.17) is 5.73 Å². The lowest BCUT2D eigenvalue weighted by atomic mass is 10.1. The molecule has 0 atom stereocenters. The topological polar surface area (TPSA) is 67.6 Å². The number of nitrogens with one attached hydrogen (secondary N) is 1. The largest absolute Gasteiger partial charge is 0.330 e. The van der Waals surface area contributed by atoms with Gasteiger partial charge in [-0.25, -0.2) is 9.37 Å². The lowest BCUT2D eigenvalue weighted by Crippen LogP contribution is -2.01.